The monoisotopic (exact) mass is 238 g/mol. The van der Waals surface area contributed by atoms with Crippen molar-refractivity contribution in [2.75, 3.05) is 19.6 Å². The van der Waals surface area contributed by atoms with Crippen molar-refractivity contribution in [3.05, 3.63) is 0 Å². The average Bonchev–Trinajstić information content (AvgIpc) is 3.07. The molecule has 2 fully saturated rings. The Kier molecular flexibility index (Phi) is 4.08. The lowest BCUT2D eigenvalue weighted by Crippen LogP contribution is -2.34. The van der Waals surface area contributed by atoms with Gasteiger partial charge in [0.15, 0.2) is 0 Å². The summed E-state index contributed by atoms with van der Waals surface area (Å²) in [5.74, 6) is 0.349. The molecule has 0 bridgehead atoms. The van der Waals surface area contributed by atoms with E-state index in [1.807, 2.05) is 0 Å². The van der Waals surface area contributed by atoms with E-state index in [1.165, 1.54) is 32.1 Å². The van der Waals surface area contributed by atoms with Crippen LogP contribution in [0.25, 0.3) is 0 Å². The second kappa shape index (κ2) is 5.38. The van der Waals surface area contributed by atoms with Crippen molar-refractivity contribution in [3.63, 3.8) is 0 Å². The summed E-state index contributed by atoms with van der Waals surface area (Å²) in [4.78, 5) is 14.1. The topological polar surface area (TPSA) is 32.3 Å². The van der Waals surface area contributed by atoms with E-state index in [4.69, 9.17) is 0 Å². The van der Waals surface area contributed by atoms with Gasteiger partial charge < -0.3 is 10.2 Å². The molecule has 0 aromatic rings. The van der Waals surface area contributed by atoms with Gasteiger partial charge in [0.2, 0.25) is 5.91 Å². The summed E-state index contributed by atoms with van der Waals surface area (Å²) >= 11 is 0. The number of nitrogens with one attached hydrogen (secondary N) is 1. The summed E-state index contributed by atoms with van der Waals surface area (Å²) in [6, 6.07) is 0.715. The molecule has 0 aromatic carbocycles. The lowest BCUT2D eigenvalue weighted by Gasteiger charge is -2.26. The van der Waals surface area contributed by atoms with Gasteiger partial charge >= 0.3 is 0 Å². The molecule has 1 saturated heterocycles. The highest BCUT2D eigenvalue weighted by Crippen LogP contribution is 2.37. The van der Waals surface area contributed by atoms with E-state index in [0.29, 0.717) is 23.8 Å². The van der Waals surface area contributed by atoms with Crippen LogP contribution in [0.5, 0.6) is 0 Å². The lowest BCUT2D eigenvalue weighted by atomic mass is 9.82. The minimum Gasteiger partial charge on any atom is -0.342 e. The van der Waals surface area contributed by atoms with Crippen molar-refractivity contribution in [1.29, 1.82) is 0 Å². The largest absolute Gasteiger partial charge is 0.342 e. The Labute approximate surface area is 105 Å². The molecular weight excluding hydrogens is 212 g/mol. The zero-order valence-electron chi connectivity index (χ0n) is 11.3. The minimum atomic E-state index is 0.349. The Hall–Kier alpha value is -0.570. The molecule has 98 valence electrons. The van der Waals surface area contributed by atoms with Crippen LogP contribution in [0.1, 0.15) is 52.4 Å². The van der Waals surface area contributed by atoms with Gasteiger partial charge in [0.25, 0.3) is 0 Å². The molecule has 2 aliphatic rings. The van der Waals surface area contributed by atoms with Crippen LogP contribution in [0.2, 0.25) is 0 Å². The second-order valence-electron chi connectivity index (χ2n) is 5.75. The van der Waals surface area contributed by atoms with Gasteiger partial charge in [-0.3, -0.25) is 4.79 Å². The van der Waals surface area contributed by atoms with E-state index in [2.05, 4.69) is 24.1 Å². The molecule has 0 atom stereocenters. The van der Waals surface area contributed by atoms with E-state index < -0.39 is 0 Å². The van der Waals surface area contributed by atoms with Crippen molar-refractivity contribution in [3.8, 4) is 0 Å². The van der Waals surface area contributed by atoms with Gasteiger partial charge in [-0.15, -0.1) is 0 Å². The third-order valence-corrected chi connectivity index (χ3v) is 4.64. The quantitative estimate of drug-likeness (QED) is 0.769. The Balaban J connectivity index is 1.72. The maximum atomic E-state index is 12.1. The maximum Gasteiger partial charge on any atom is 0.223 e. The zero-order valence-corrected chi connectivity index (χ0v) is 11.3. The number of nitrogens with zero attached hydrogens (tertiary/aromatic N) is 1. The molecule has 1 aliphatic carbocycles. The van der Waals surface area contributed by atoms with Crippen LogP contribution >= 0.6 is 0 Å². The van der Waals surface area contributed by atoms with E-state index in [1.54, 1.807) is 0 Å². The smallest absolute Gasteiger partial charge is 0.223 e. The number of carbonyl (C=O) groups is 1. The molecule has 0 spiro atoms. The van der Waals surface area contributed by atoms with Crippen LogP contribution in [0.15, 0.2) is 0 Å². The maximum absolute atomic E-state index is 12.1. The number of hydrogen-bond acceptors (Lipinski definition) is 2. The third kappa shape index (κ3) is 3.21. The first-order valence-corrected chi connectivity index (χ1v) is 7.20. The predicted molar refractivity (Wildman–Crippen MR) is 69.9 cm³/mol. The molecule has 0 unspecified atom stereocenters. The molecule has 3 nitrogen and oxygen atoms in total. The van der Waals surface area contributed by atoms with Crippen molar-refractivity contribution in [1.82, 2.24) is 10.2 Å². The molecule has 0 aromatic heterocycles. The fourth-order valence-corrected chi connectivity index (χ4v) is 2.80. The first-order chi connectivity index (χ1) is 8.19. The summed E-state index contributed by atoms with van der Waals surface area (Å²) in [7, 11) is 0. The highest BCUT2D eigenvalue weighted by Gasteiger charge is 2.36. The molecule has 1 N–H and O–H groups in total. The summed E-state index contributed by atoms with van der Waals surface area (Å²) in [5, 5.41) is 3.41. The lowest BCUT2D eigenvalue weighted by molar-refractivity contribution is -0.130. The number of rotatable bonds is 6. The fourth-order valence-electron chi connectivity index (χ4n) is 2.80. The van der Waals surface area contributed by atoms with Crippen LogP contribution in [-0.4, -0.2) is 36.5 Å². The first-order valence-electron chi connectivity index (χ1n) is 7.20. The molecule has 1 heterocycles. The van der Waals surface area contributed by atoms with E-state index in [-0.39, 0.29) is 0 Å². The van der Waals surface area contributed by atoms with Crippen LogP contribution < -0.4 is 5.32 Å². The van der Waals surface area contributed by atoms with Gasteiger partial charge in [-0.05, 0) is 37.5 Å². The van der Waals surface area contributed by atoms with Gasteiger partial charge in [-0.2, -0.15) is 0 Å². The van der Waals surface area contributed by atoms with Gasteiger partial charge in [0.1, 0.15) is 0 Å². The molecule has 0 radical (unpaired) electrons. The van der Waals surface area contributed by atoms with Crippen LogP contribution in [0, 0.1) is 5.41 Å². The van der Waals surface area contributed by atoms with Crippen molar-refractivity contribution in [2.24, 2.45) is 5.41 Å². The van der Waals surface area contributed by atoms with Crippen LogP contribution in [0.4, 0.5) is 0 Å². The first kappa shape index (κ1) is 12.9. The molecule has 17 heavy (non-hydrogen) atoms. The second-order valence-corrected chi connectivity index (χ2v) is 5.75. The zero-order chi connectivity index (χ0) is 12.3. The summed E-state index contributed by atoms with van der Waals surface area (Å²) in [6.45, 7) is 7.34. The predicted octanol–water partition coefficient (Wildman–Crippen LogP) is 2.17. The van der Waals surface area contributed by atoms with Gasteiger partial charge in [0.05, 0.1) is 0 Å². The van der Waals surface area contributed by atoms with Gasteiger partial charge in [-0.25, -0.2) is 0 Å². The number of hydrogen-bond donors (Lipinski definition) is 1. The van der Waals surface area contributed by atoms with Gasteiger partial charge in [0, 0.05) is 32.1 Å². The van der Waals surface area contributed by atoms with Crippen molar-refractivity contribution >= 4 is 5.91 Å². The summed E-state index contributed by atoms with van der Waals surface area (Å²) in [6.07, 6.45) is 6.88. The number of likely N-dealkylation sites (tertiary alicyclic amines) is 1. The van der Waals surface area contributed by atoms with Crippen LogP contribution in [-0.2, 0) is 4.79 Å². The fraction of sp³-hybridized carbons (Fsp3) is 0.929. The summed E-state index contributed by atoms with van der Waals surface area (Å²) < 4.78 is 0. The molecule has 1 aliphatic heterocycles. The molecule has 1 saturated carbocycles. The summed E-state index contributed by atoms with van der Waals surface area (Å²) in [5.41, 5.74) is 0.416. The number of carbonyl (C=O) groups excluding carboxylic acids is 1. The Morgan fingerprint density at radius 2 is 2.06 bits per heavy atom. The third-order valence-electron chi connectivity index (χ3n) is 4.64. The van der Waals surface area contributed by atoms with Gasteiger partial charge in [-0.1, -0.05) is 13.8 Å². The Bertz CT molecular complexity index is 269. The normalized spacial score (nSPS) is 23.1. The standard InChI is InChI=1S/C14H26N2O/c1-3-14(4-2)8-10-16(11-14)13(17)7-9-15-12-5-6-12/h12,15H,3-11H2,1-2H3. The Morgan fingerprint density at radius 3 is 2.59 bits per heavy atom. The van der Waals surface area contributed by atoms with Crippen LogP contribution in [0.3, 0.4) is 0 Å². The van der Waals surface area contributed by atoms with Crippen molar-refractivity contribution < 1.29 is 4.79 Å². The van der Waals surface area contributed by atoms with Crippen molar-refractivity contribution in [2.45, 2.75) is 58.4 Å². The van der Waals surface area contributed by atoms with E-state index in [9.17, 15) is 4.79 Å². The molecular formula is C14H26N2O. The highest BCUT2D eigenvalue weighted by molar-refractivity contribution is 5.76. The number of amides is 1. The van der Waals surface area contributed by atoms with E-state index in [0.717, 1.165) is 19.6 Å². The molecule has 2 rings (SSSR count). The minimum absolute atomic E-state index is 0.349. The Morgan fingerprint density at radius 1 is 1.35 bits per heavy atom. The van der Waals surface area contributed by atoms with E-state index >= 15 is 0 Å². The highest BCUT2D eigenvalue weighted by atomic mass is 16.2. The SMILES string of the molecule is CCC1(CC)CCN(C(=O)CCNC2CC2)C1. The molecule has 3 heteroatoms. The average molecular weight is 238 g/mol. The molecule has 1 amide bonds.